The lowest BCUT2D eigenvalue weighted by molar-refractivity contribution is -0.141. The summed E-state index contributed by atoms with van der Waals surface area (Å²) in [7, 11) is 2.84. The highest BCUT2D eigenvalue weighted by Gasteiger charge is 2.33. The standard InChI is InChI=1S/C32H29F3N6O4/c1-19-14-22(29-36-17-24-28(38-29)20(2)15-27(37-24)32(33,34)35)10-11-25(19)40(3)30(42)26-16-23(31(43)44-4)39-41(26)12-13-45-18-21-8-6-5-7-9-21/h5-11,14-17H,12-13,18H2,1-4H3. The van der Waals surface area contributed by atoms with Gasteiger partial charge in [0.15, 0.2) is 11.5 Å². The van der Waals surface area contributed by atoms with Gasteiger partial charge in [0.1, 0.15) is 16.9 Å². The van der Waals surface area contributed by atoms with Crippen LogP contribution in [0.3, 0.4) is 0 Å². The number of nitrogens with zero attached hydrogens (tertiary/aromatic N) is 6. The van der Waals surface area contributed by atoms with Gasteiger partial charge in [-0.1, -0.05) is 30.3 Å². The summed E-state index contributed by atoms with van der Waals surface area (Å²) >= 11 is 0. The maximum atomic E-state index is 13.7. The molecule has 0 aliphatic rings. The molecule has 2 aromatic carbocycles. The number of pyridine rings is 1. The van der Waals surface area contributed by atoms with Gasteiger partial charge in [-0.3, -0.25) is 9.48 Å². The van der Waals surface area contributed by atoms with Crippen LogP contribution in [0.25, 0.3) is 22.4 Å². The van der Waals surface area contributed by atoms with E-state index >= 15 is 0 Å². The Morgan fingerprint density at radius 2 is 1.73 bits per heavy atom. The van der Waals surface area contributed by atoms with Crippen molar-refractivity contribution in [2.24, 2.45) is 0 Å². The zero-order valence-electron chi connectivity index (χ0n) is 24.9. The molecule has 0 saturated carbocycles. The Kier molecular flexibility index (Phi) is 8.91. The van der Waals surface area contributed by atoms with Crippen LogP contribution in [0.2, 0.25) is 0 Å². The minimum absolute atomic E-state index is 0.00929. The summed E-state index contributed by atoms with van der Waals surface area (Å²) in [6.45, 7) is 4.19. The lowest BCUT2D eigenvalue weighted by Crippen LogP contribution is -2.29. The van der Waals surface area contributed by atoms with E-state index in [1.807, 2.05) is 30.3 Å². The molecule has 0 saturated heterocycles. The number of aryl methyl sites for hydroxylation is 2. The fourth-order valence-corrected chi connectivity index (χ4v) is 4.80. The molecule has 10 nitrogen and oxygen atoms in total. The van der Waals surface area contributed by atoms with E-state index in [0.29, 0.717) is 40.3 Å². The lowest BCUT2D eigenvalue weighted by atomic mass is 10.1. The molecular weight excluding hydrogens is 589 g/mol. The average molecular weight is 619 g/mol. The fraction of sp³-hybridized carbons (Fsp3) is 0.250. The Labute approximate surface area is 256 Å². The zero-order valence-corrected chi connectivity index (χ0v) is 24.9. The maximum absolute atomic E-state index is 13.7. The van der Waals surface area contributed by atoms with Crippen LogP contribution >= 0.6 is 0 Å². The second-order valence-electron chi connectivity index (χ2n) is 10.3. The first-order chi connectivity index (χ1) is 21.5. The number of amides is 1. The summed E-state index contributed by atoms with van der Waals surface area (Å²) in [5.74, 6) is -0.792. The van der Waals surface area contributed by atoms with Gasteiger partial charge in [0, 0.05) is 24.4 Å². The van der Waals surface area contributed by atoms with Crippen molar-refractivity contribution in [3.05, 3.63) is 101 Å². The number of esters is 1. The van der Waals surface area contributed by atoms with Gasteiger partial charge in [-0.2, -0.15) is 18.3 Å². The molecule has 0 N–H and O–H groups in total. The van der Waals surface area contributed by atoms with Gasteiger partial charge in [-0.25, -0.2) is 19.7 Å². The van der Waals surface area contributed by atoms with Gasteiger partial charge in [0.25, 0.3) is 5.91 Å². The van der Waals surface area contributed by atoms with Crippen LogP contribution in [0.4, 0.5) is 18.9 Å². The van der Waals surface area contributed by atoms with Gasteiger partial charge < -0.3 is 14.4 Å². The van der Waals surface area contributed by atoms with Crippen LogP contribution in [0.15, 0.2) is 66.9 Å². The molecule has 0 spiro atoms. The SMILES string of the molecule is COC(=O)c1cc(C(=O)N(C)c2ccc(-c3ncc4nc(C(F)(F)F)cc(C)c4n3)cc2C)n(CCOCc2ccccc2)n1. The highest BCUT2D eigenvalue weighted by atomic mass is 19.4. The number of carbonyl (C=O) groups is 2. The van der Waals surface area contributed by atoms with Crippen LogP contribution < -0.4 is 4.90 Å². The predicted molar refractivity (Wildman–Crippen MR) is 160 cm³/mol. The van der Waals surface area contributed by atoms with E-state index < -0.39 is 23.7 Å². The minimum atomic E-state index is -4.58. The number of methoxy groups -OCH3 is 1. The van der Waals surface area contributed by atoms with E-state index in [2.05, 4.69) is 20.1 Å². The van der Waals surface area contributed by atoms with Crippen molar-refractivity contribution in [3.63, 3.8) is 0 Å². The van der Waals surface area contributed by atoms with Crippen molar-refractivity contribution in [1.29, 1.82) is 0 Å². The largest absolute Gasteiger partial charge is 0.464 e. The van der Waals surface area contributed by atoms with E-state index in [0.717, 1.165) is 11.6 Å². The molecule has 45 heavy (non-hydrogen) atoms. The molecule has 0 aliphatic heterocycles. The quantitative estimate of drug-likeness (QED) is 0.150. The number of anilines is 1. The molecule has 1 amide bonds. The number of aromatic nitrogens is 5. The molecule has 0 bridgehead atoms. The first-order valence-electron chi connectivity index (χ1n) is 13.8. The molecule has 232 valence electrons. The predicted octanol–water partition coefficient (Wildman–Crippen LogP) is 5.80. The van der Waals surface area contributed by atoms with E-state index in [-0.39, 0.29) is 30.1 Å². The Morgan fingerprint density at radius 3 is 2.42 bits per heavy atom. The van der Waals surface area contributed by atoms with Crippen LogP contribution in [-0.4, -0.2) is 57.4 Å². The van der Waals surface area contributed by atoms with Crippen molar-refractivity contribution >= 4 is 28.6 Å². The average Bonchev–Trinajstić information content (AvgIpc) is 3.46. The molecule has 5 rings (SSSR count). The second kappa shape index (κ2) is 12.8. The number of rotatable bonds is 9. The van der Waals surface area contributed by atoms with Crippen molar-refractivity contribution in [2.45, 2.75) is 33.2 Å². The van der Waals surface area contributed by atoms with Crippen LogP contribution in [-0.2, 0) is 28.8 Å². The summed E-state index contributed by atoms with van der Waals surface area (Å²) in [4.78, 5) is 39.7. The van der Waals surface area contributed by atoms with Crippen molar-refractivity contribution < 1.29 is 32.2 Å². The Bertz CT molecular complexity index is 1870. The number of hydrogen-bond acceptors (Lipinski definition) is 8. The van der Waals surface area contributed by atoms with Crippen molar-refractivity contribution in [3.8, 4) is 11.4 Å². The molecule has 13 heteroatoms. The van der Waals surface area contributed by atoms with Gasteiger partial charge >= 0.3 is 12.1 Å². The Morgan fingerprint density at radius 1 is 0.978 bits per heavy atom. The molecule has 0 unspecified atom stereocenters. The van der Waals surface area contributed by atoms with E-state index in [4.69, 9.17) is 9.47 Å². The van der Waals surface area contributed by atoms with Gasteiger partial charge in [-0.05, 0) is 54.8 Å². The normalized spacial score (nSPS) is 11.5. The van der Waals surface area contributed by atoms with Crippen LogP contribution in [0.5, 0.6) is 0 Å². The number of halogens is 3. The third-order valence-corrected chi connectivity index (χ3v) is 7.10. The third-order valence-electron chi connectivity index (χ3n) is 7.10. The van der Waals surface area contributed by atoms with Crippen molar-refractivity contribution in [2.75, 3.05) is 25.7 Å². The first-order valence-corrected chi connectivity index (χ1v) is 13.8. The lowest BCUT2D eigenvalue weighted by Gasteiger charge is -2.20. The molecule has 0 aliphatic carbocycles. The molecule has 0 fully saturated rings. The molecule has 0 atom stereocenters. The smallest absolute Gasteiger partial charge is 0.433 e. The summed E-state index contributed by atoms with van der Waals surface area (Å²) in [6.07, 6.45) is -3.31. The van der Waals surface area contributed by atoms with E-state index in [1.54, 1.807) is 32.2 Å². The highest BCUT2D eigenvalue weighted by molar-refractivity contribution is 6.06. The summed E-state index contributed by atoms with van der Waals surface area (Å²) in [5, 5.41) is 4.28. The number of fused-ring (bicyclic) bond motifs is 1. The highest BCUT2D eigenvalue weighted by Crippen LogP contribution is 2.31. The first kappa shape index (κ1) is 31.3. The van der Waals surface area contributed by atoms with Crippen LogP contribution in [0, 0.1) is 13.8 Å². The maximum Gasteiger partial charge on any atom is 0.433 e. The van der Waals surface area contributed by atoms with E-state index in [9.17, 15) is 22.8 Å². The number of carbonyl (C=O) groups excluding carboxylic acids is 2. The van der Waals surface area contributed by atoms with E-state index in [1.165, 1.54) is 35.9 Å². The minimum Gasteiger partial charge on any atom is -0.464 e. The van der Waals surface area contributed by atoms with Crippen LogP contribution in [0.1, 0.15) is 43.4 Å². The summed E-state index contributed by atoms with van der Waals surface area (Å²) in [5.41, 5.74) is 2.71. The molecule has 3 heterocycles. The molecular formula is C32H29F3N6O4. The zero-order chi connectivity index (χ0) is 32.3. The number of ether oxygens (including phenoxy) is 2. The molecule has 3 aromatic heterocycles. The topological polar surface area (TPSA) is 112 Å². The molecule has 5 aromatic rings. The monoisotopic (exact) mass is 618 g/mol. The second-order valence-corrected chi connectivity index (χ2v) is 10.3. The number of alkyl halides is 3. The van der Waals surface area contributed by atoms with Crippen molar-refractivity contribution in [1.82, 2.24) is 24.7 Å². The Balaban J connectivity index is 1.37. The summed E-state index contributed by atoms with van der Waals surface area (Å²) < 4.78 is 51.6. The number of benzene rings is 2. The third kappa shape index (κ3) is 6.83. The van der Waals surface area contributed by atoms with Gasteiger partial charge in [0.2, 0.25) is 0 Å². The summed E-state index contributed by atoms with van der Waals surface area (Å²) in [6, 6.07) is 17.2. The van der Waals surface area contributed by atoms with Gasteiger partial charge in [0.05, 0.1) is 38.6 Å². The fourth-order valence-electron chi connectivity index (χ4n) is 4.80. The van der Waals surface area contributed by atoms with Gasteiger partial charge in [-0.15, -0.1) is 0 Å². The molecule has 0 radical (unpaired) electrons. The Hall–Kier alpha value is -5.17. The number of hydrogen-bond donors (Lipinski definition) is 0.